The molecule has 0 bridgehead atoms. The lowest BCUT2D eigenvalue weighted by molar-refractivity contribution is 0.602. The fourth-order valence-electron chi connectivity index (χ4n) is 0.804. The lowest BCUT2D eigenvalue weighted by Gasteiger charge is -2.05. The minimum absolute atomic E-state index is 0.0957. The van der Waals surface area contributed by atoms with Crippen LogP contribution in [0.5, 0.6) is 0 Å². The topological polar surface area (TPSA) is 46.2 Å². The second-order valence-electron chi connectivity index (χ2n) is 2.52. The van der Waals surface area contributed by atoms with Crippen LogP contribution in [0.25, 0.3) is 0 Å². The molecule has 0 heterocycles. The third kappa shape index (κ3) is 3.51. The number of hydrogen-bond acceptors (Lipinski definition) is 2. The SMILES string of the molecule is CCS(=O)(=O)Nc1cccc(I)c1. The first-order valence-electron chi connectivity index (χ1n) is 3.79. The van der Waals surface area contributed by atoms with Gasteiger partial charge in [-0.1, -0.05) is 6.07 Å². The molecule has 0 aromatic heterocycles. The van der Waals surface area contributed by atoms with Crippen molar-refractivity contribution in [3.8, 4) is 0 Å². The zero-order chi connectivity index (χ0) is 9.90. The van der Waals surface area contributed by atoms with E-state index < -0.39 is 10.0 Å². The molecule has 5 heteroatoms. The van der Waals surface area contributed by atoms with E-state index in [0.29, 0.717) is 5.69 Å². The van der Waals surface area contributed by atoms with Crippen LogP contribution in [0, 0.1) is 3.57 Å². The Hall–Kier alpha value is -0.300. The number of benzene rings is 1. The highest BCUT2D eigenvalue weighted by Gasteiger charge is 2.05. The summed E-state index contributed by atoms with van der Waals surface area (Å²) in [6.07, 6.45) is 0. The Morgan fingerprint density at radius 3 is 2.69 bits per heavy atom. The minimum Gasteiger partial charge on any atom is -0.284 e. The van der Waals surface area contributed by atoms with Crippen LogP contribution in [0.4, 0.5) is 5.69 Å². The maximum Gasteiger partial charge on any atom is 0.232 e. The minimum atomic E-state index is -3.14. The van der Waals surface area contributed by atoms with E-state index >= 15 is 0 Å². The normalized spacial score (nSPS) is 11.2. The van der Waals surface area contributed by atoms with Crippen molar-refractivity contribution in [2.45, 2.75) is 6.92 Å². The smallest absolute Gasteiger partial charge is 0.232 e. The maximum absolute atomic E-state index is 11.2. The van der Waals surface area contributed by atoms with Gasteiger partial charge in [-0.15, -0.1) is 0 Å². The largest absolute Gasteiger partial charge is 0.284 e. The summed E-state index contributed by atoms with van der Waals surface area (Å²) >= 11 is 2.13. The van der Waals surface area contributed by atoms with Gasteiger partial charge < -0.3 is 0 Å². The van der Waals surface area contributed by atoms with Crippen LogP contribution >= 0.6 is 22.6 Å². The molecule has 1 rings (SSSR count). The van der Waals surface area contributed by atoms with E-state index in [-0.39, 0.29) is 5.75 Å². The molecule has 0 saturated heterocycles. The van der Waals surface area contributed by atoms with E-state index in [1.807, 2.05) is 12.1 Å². The van der Waals surface area contributed by atoms with Gasteiger partial charge in [0.1, 0.15) is 0 Å². The van der Waals surface area contributed by atoms with E-state index in [2.05, 4.69) is 27.3 Å². The van der Waals surface area contributed by atoms with Crippen LogP contribution in [0.2, 0.25) is 0 Å². The molecule has 0 radical (unpaired) electrons. The molecule has 0 saturated carbocycles. The van der Waals surface area contributed by atoms with Crippen molar-refractivity contribution in [1.82, 2.24) is 0 Å². The summed E-state index contributed by atoms with van der Waals surface area (Å²) in [5, 5.41) is 0. The van der Waals surface area contributed by atoms with Crippen molar-refractivity contribution in [1.29, 1.82) is 0 Å². The zero-order valence-corrected chi connectivity index (χ0v) is 10.1. The first-order valence-corrected chi connectivity index (χ1v) is 6.52. The molecule has 0 spiro atoms. The number of nitrogens with one attached hydrogen (secondary N) is 1. The number of hydrogen-bond donors (Lipinski definition) is 1. The Kier molecular flexibility index (Phi) is 3.55. The quantitative estimate of drug-likeness (QED) is 0.869. The number of halogens is 1. The zero-order valence-electron chi connectivity index (χ0n) is 7.12. The average Bonchev–Trinajstić information content (AvgIpc) is 2.03. The summed E-state index contributed by atoms with van der Waals surface area (Å²) in [6.45, 7) is 1.61. The molecule has 0 aliphatic carbocycles. The summed E-state index contributed by atoms with van der Waals surface area (Å²) in [5.74, 6) is 0.0957. The van der Waals surface area contributed by atoms with Gasteiger partial charge in [-0.3, -0.25) is 4.72 Å². The molecule has 0 amide bonds. The summed E-state index contributed by atoms with van der Waals surface area (Å²) in [6, 6.07) is 7.24. The fourth-order valence-corrected chi connectivity index (χ4v) is 1.98. The van der Waals surface area contributed by atoms with Crippen molar-refractivity contribution >= 4 is 38.3 Å². The van der Waals surface area contributed by atoms with Gasteiger partial charge in [0, 0.05) is 9.26 Å². The van der Waals surface area contributed by atoms with E-state index in [4.69, 9.17) is 0 Å². The maximum atomic E-state index is 11.2. The highest BCUT2D eigenvalue weighted by Crippen LogP contribution is 2.13. The third-order valence-electron chi connectivity index (χ3n) is 1.48. The monoisotopic (exact) mass is 311 g/mol. The predicted molar refractivity (Wildman–Crippen MR) is 62.2 cm³/mol. The summed E-state index contributed by atoms with van der Waals surface area (Å²) in [7, 11) is -3.14. The van der Waals surface area contributed by atoms with Gasteiger partial charge in [0.15, 0.2) is 0 Å². The van der Waals surface area contributed by atoms with E-state index in [1.54, 1.807) is 19.1 Å². The van der Waals surface area contributed by atoms with Crippen LogP contribution in [0.1, 0.15) is 6.92 Å². The lowest BCUT2D eigenvalue weighted by atomic mass is 10.3. The van der Waals surface area contributed by atoms with Crippen LogP contribution in [0.3, 0.4) is 0 Å². The highest BCUT2D eigenvalue weighted by molar-refractivity contribution is 14.1. The second kappa shape index (κ2) is 4.28. The van der Waals surface area contributed by atoms with Gasteiger partial charge in [-0.2, -0.15) is 0 Å². The number of rotatable bonds is 3. The molecule has 13 heavy (non-hydrogen) atoms. The molecule has 72 valence electrons. The van der Waals surface area contributed by atoms with Gasteiger partial charge in [-0.05, 0) is 47.7 Å². The third-order valence-corrected chi connectivity index (χ3v) is 3.46. The molecule has 0 aliphatic rings. The molecule has 1 N–H and O–H groups in total. The Labute approximate surface area is 91.7 Å². The Morgan fingerprint density at radius 1 is 1.46 bits per heavy atom. The first-order chi connectivity index (χ1) is 6.03. The van der Waals surface area contributed by atoms with Crippen molar-refractivity contribution in [2.75, 3.05) is 10.5 Å². The molecule has 0 aliphatic heterocycles. The van der Waals surface area contributed by atoms with Gasteiger partial charge >= 0.3 is 0 Å². The van der Waals surface area contributed by atoms with Crippen molar-refractivity contribution in [3.63, 3.8) is 0 Å². The fraction of sp³-hybridized carbons (Fsp3) is 0.250. The predicted octanol–water partition coefficient (Wildman–Crippen LogP) is 2.05. The molecule has 1 aromatic carbocycles. The molecular weight excluding hydrogens is 301 g/mol. The van der Waals surface area contributed by atoms with Crippen LogP contribution in [0.15, 0.2) is 24.3 Å². The Bertz CT molecular complexity index is 389. The summed E-state index contributed by atoms with van der Waals surface area (Å²) < 4.78 is 25.8. The van der Waals surface area contributed by atoms with E-state index in [0.717, 1.165) is 3.57 Å². The second-order valence-corrected chi connectivity index (χ2v) is 5.77. The Morgan fingerprint density at radius 2 is 2.15 bits per heavy atom. The van der Waals surface area contributed by atoms with Crippen molar-refractivity contribution < 1.29 is 8.42 Å². The number of sulfonamides is 1. The molecule has 3 nitrogen and oxygen atoms in total. The van der Waals surface area contributed by atoms with E-state index in [9.17, 15) is 8.42 Å². The lowest BCUT2D eigenvalue weighted by Crippen LogP contribution is -2.14. The van der Waals surface area contributed by atoms with Crippen molar-refractivity contribution in [3.05, 3.63) is 27.8 Å². The van der Waals surface area contributed by atoms with Crippen LogP contribution in [-0.2, 0) is 10.0 Å². The molecular formula is C8H10INO2S. The van der Waals surface area contributed by atoms with Crippen LogP contribution < -0.4 is 4.72 Å². The van der Waals surface area contributed by atoms with Gasteiger partial charge in [0.05, 0.1) is 5.75 Å². The Balaban J connectivity index is 2.87. The molecule has 1 aromatic rings. The average molecular weight is 311 g/mol. The van der Waals surface area contributed by atoms with Crippen molar-refractivity contribution in [2.24, 2.45) is 0 Å². The molecule has 0 atom stereocenters. The highest BCUT2D eigenvalue weighted by atomic mass is 127. The van der Waals surface area contributed by atoms with Crippen LogP contribution in [-0.4, -0.2) is 14.2 Å². The molecule has 0 fully saturated rings. The summed E-state index contributed by atoms with van der Waals surface area (Å²) in [5.41, 5.74) is 0.619. The molecule has 0 unspecified atom stereocenters. The standard InChI is InChI=1S/C8H10INO2S/c1-2-13(11,12)10-8-5-3-4-7(9)6-8/h3-6,10H,2H2,1H3. The van der Waals surface area contributed by atoms with Gasteiger partial charge in [0.25, 0.3) is 0 Å². The summed E-state index contributed by atoms with van der Waals surface area (Å²) in [4.78, 5) is 0. The number of anilines is 1. The van der Waals surface area contributed by atoms with Gasteiger partial charge in [-0.25, -0.2) is 8.42 Å². The van der Waals surface area contributed by atoms with E-state index in [1.165, 1.54) is 0 Å². The first kappa shape index (κ1) is 10.8. The van der Waals surface area contributed by atoms with Gasteiger partial charge in [0.2, 0.25) is 10.0 Å².